The molecule has 1 fully saturated rings. The number of benzene rings is 1. The molecule has 0 saturated carbocycles. The van der Waals surface area contributed by atoms with E-state index in [9.17, 15) is 13.6 Å². The summed E-state index contributed by atoms with van der Waals surface area (Å²) in [6.07, 6.45) is 1.59. The van der Waals surface area contributed by atoms with Crippen molar-refractivity contribution in [1.29, 1.82) is 0 Å². The topological polar surface area (TPSA) is 41.1 Å². The zero-order valence-corrected chi connectivity index (χ0v) is 13.9. The molecule has 2 rings (SSSR count). The predicted octanol–water partition coefficient (Wildman–Crippen LogP) is 3.13. The molecule has 1 aromatic carbocycles. The lowest BCUT2D eigenvalue weighted by molar-refractivity contribution is -0.127. The van der Waals surface area contributed by atoms with E-state index in [0.717, 1.165) is 31.5 Å². The molecule has 0 spiro atoms. The SMILES string of the molecule is C[C@H]1C[C@@H](C(=O)NC(C)(C)c2ccc(F)c(F)c2)CCN1.Cl. The number of amides is 1. The molecule has 0 aliphatic carbocycles. The van der Waals surface area contributed by atoms with Gasteiger partial charge >= 0.3 is 0 Å². The molecule has 0 bridgehead atoms. The van der Waals surface area contributed by atoms with Crippen LogP contribution in [0.5, 0.6) is 0 Å². The highest BCUT2D eigenvalue weighted by atomic mass is 35.5. The Hall–Kier alpha value is -1.20. The van der Waals surface area contributed by atoms with Crippen LogP contribution in [-0.2, 0) is 10.3 Å². The molecule has 0 aromatic heterocycles. The summed E-state index contributed by atoms with van der Waals surface area (Å²) in [5, 5.41) is 6.26. The van der Waals surface area contributed by atoms with Crippen molar-refractivity contribution in [3.63, 3.8) is 0 Å². The van der Waals surface area contributed by atoms with Crippen molar-refractivity contribution < 1.29 is 13.6 Å². The van der Waals surface area contributed by atoms with Crippen LogP contribution in [0, 0.1) is 17.6 Å². The first-order valence-corrected chi connectivity index (χ1v) is 7.30. The zero-order valence-electron chi connectivity index (χ0n) is 13.1. The Labute approximate surface area is 136 Å². The molecule has 6 heteroatoms. The highest BCUT2D eigenvalue weighted by Crippen LogP contribution is 2.24. The Morgan fingerprint density at radius 3 is 2.59 bits per heavy atom. The summed E-state index contributed by atoms with van der Waals surface area (Å²) in [6.45, 7) is 6.47. The zero-order chi connectivity index (χ0) is 15.6. The van der Waals surface area contributed by atoms with Crippen LogP contribution in [0.25, 0.3) is 0 Å². The average Bonchev–Trinajstić information content (AvgIpc) is 2.41. The van der Waals surface area contributed by atoms with Gasteiger partial charge in [0.1, 0.15) is 0 Å². The molecule has 22 heavy (non-hydrogen) atoms. The van der Waals surface area contributed by atoms with Gasteiger partial charge in [-0.25, -0.2) is 8.78 Å². The molecule has 2 N–H and O–H groups in total. The van der Waals surface area contributed by atoms with Crippen molar-refractivity contribution in [2.45, 2.75) is 45.2 Å². The summed E-state index contributed by atoms with van der Waals surface area (Å²) in [6, 6.07) is 4.05. The highest BCUT2D eigenvalue weighted by Gasteiger charge is 2.30. The molecular weight excluding hydrogens is 310 g/mol. The average molecular weight is 333 g/mol. The van der Waals surface area contributed by atoms with Crippen LogP contribution in [-0.4, -0.2) is 18.5 Å². The Balaban J connectivity index is 0.00000242. The number of carbonyl (C=O) groups excluding carboxylic acids is 1. The third kappa shape index (κ3) is 4.40. The molecule has 2 atom stereocenters. The van der Waals surface area contributed by atoms with Gasteiger partial charge in [0.05, 0.1) is 5.54 Å². The number of nitrogens with one attached hydrogen (secondary N) is 2. The Morgan fingerprint density at radius 2 is 2.00 bits per heavy atom. The minimum absolute atomic E-state index is 0. The number of hydrogen-bond acceptors (Lipinski definition) is 2. The van der Waals surface area contributed by atoms with Crippen molar-refractivity contribution in [2.75, 3.05) is 6.54 Å². The van der Waals surface area contributed by atoms with Gasteiger partial charge in [-0.2, -0.15) is 0 Å². The molecule has 3 nitrogen and oxygen atoms in total. The maximum atomic E-state index is 13.4. The monoisotopic (exact) mass is 332 g/mol. The quantitative estimate of drug-likeness (QED) is 0.893. The molecule has 1 aromatic rings. The summed E-state index contributed by atoms with van der Waals surface area (Å²) >= 11 is 0. The van der Waals surface area contributed by atoms with Gasteiger partial charge in [-0.15, -0.1) is 12.4 Å². The summed E-state index contributed by atoms with van der Waals surface area (Å²) in [5.74, 6) is -1.85. The maximum Gasteiger partial charge on any atom is 0.223 e. The largest absolute Gasteiger partial charge is 0.347 e. The van der Waals surface area contributed by atoms with E-state index in [-0.39, 0.29) is 24.2 Å². The van der Waals surface area contributed by atoms with Gasteiger partial charge in [0.25, 0.3) is 0 Å². The van der Waals surface area contributed by atoms with Crippen LogP contribution in [0.15, 0.2) is 18.2 Å². The van der Waals surface area contributed by atoms with E-state index in [4.69, 9.17) is 0 Å². The third-order valence-electron chi connectivity index (χ3n) is 4.07. The summed E-state index contributed by atoms with van der Waals surface area (Å²) in [7, 11) is 0. The molecule has 0 radical (unpaired) electrons. The molecule has 0 unspecified atom stereocenters. The van der Waals surface area contributed by atoms with Crippen molar-refractivity contribution in [2.24, 2.45) is 5.92 Å². The van der Waals surface area contributed by atoms with E-state index in [2.05, 4.69) is 17.6 Å². The second kappa shape index (κ2) is 7.38. The van der Waals surface area contributed by atoms with Crippen LogP contribution in [0.2, 0.25) is 0 Å². The molecular formula is C16H23ClF2N2O. The van der Waals surface area contributed by atoms with Gasteiger partial charge in [-0.1, -0.05) is 6.07 Å². The molecule has 1 amide bonds. The first-order valence-electron chi connectivity index (χ1n) is 7.30. The van der Waals surface area contributed by atoms with E-state index in [0.29, 0.717) is 11.6 Å². The first kappa shape index (κ1) is 18.8. The van der Waals surface area contributed by atoms with Crippen molar-refractivity contribution in [3.8, 4) is 0 Å². The molecule has 1 heterocycles. The second-order valence-corrected chi connectivity index (χ2v) is 6.32. The fourth-order valence-corrected chi connectivity index (χ4v) is 2.74. The van der Waals surface area contributed by atoms with Crippen LogP contribution >= 0.6 is 12.4 Å². The van der Waals surface area contributed by atoms with Crippen LogP contribution < -0.4 is 10.6 Å². The van der Waals surface area contributed by atoms with Gasteiger partial charge in [0.2, 0.25) is 5.91 Å². The Kier molecular flexibility index (Phi) is 6.32. The van der Waals surface area contributed by atoms with Crippen LogP contribution in [0.1, 0.15) is 39.2 Å². The number of carbonyl (C=O) groups is 1. The number of piperidine rings is 1. The van der Waals surface area contributed by atoms with Gasteiger partial charge in [-0.05, 0) is 57.9 Å². The fourth-order valence-electron chi connectivity index (χ4n) is 2.74. The summed E-state index contributed by atoms with van der Waals surface area (Å²) in [5.41, 5.74) is -0.184. The lowest BCUT2D eigenvalue weighted by Crippen LogP contribution is -2.48. The lowest BCUT2D eigenvalue weighted by Gasteiger charge is -2.32. The van der Waals surface area contributed by atoms with Gasteiger partial charge in [0.15, 0.2) is 11.6 Å². The van der Waals surface area contributed by atoms with Crippen LogP contribution in [0.3, 0.4) is 0 Å². The molecule has 1 aliphatic rings. The molecule has 1 saturated heterocycles. The highest BCUT2D eigenvalue weighted by molar-refractivity contribution is 5.85. The van der Waals surface area contributed by atoms with Crippen LogP contribution in [0.4, 0.5) is 8.78 Å². The normalized spacial score (nSPS) is 21.9. The van der Waals surface area contributed by atoms with Crippen molar-refractivity contribution in [3.05, 3.63) is 35.4 Å². The minimum atomic E-state index is -0.898. The van der Waals surface area contributed by atoms with Crippen molar-refractivity contribution >= 4 is 18.3 Å². The molecule has 124 valence electrons. The summed E-state index contributed by atoms with van der Waals surface area (Å²) < 4.78 is 26.4. The summed E-state index contributed by atoms with van der Waals surface area (Å²) in [4.78, 5) is 12.4. The Morgan fingerprint density at radius 1 is 1.32 bits per heavy atom. The van der Waals surface area contributed by atoms with E-state index >= 15 is 0 Å². The minimum Gasteiger partial charge on any atom is -0.347 e. The predicted molar refractivity (Wildman–Crippen MR) is 85.0 cm³/mol. The standard InChI is InChI=1S/C16H22F2N2O.ClH/c1-10-8-11(6-7-19-10)15(21)20-16(2,3)12-4-5-13(17)14(18)9-12;/h4-5,9-11,19H,6-8H2,1-3H3,(H,20,21);1H/t10-,11-;/m0./s1. The number of hydrogen-bond donors (Lipinski definition) is 2. The fraction of sp³-hybridized carbons (Fsp3) is 0.562. The van der Waals surface area contributed by atoms with Gasteiger partial charge < -0.3 is 10.6 Å². The molecule has 1 aliphatic heterocycles. The number of halogens is 3. The third-order valence-corrected chi connectivity index (χ3v) is 4.07. The van der Waals surface area contributed by atoms with E-state index in [1.165, 1.54) is 6.07 Å². The lowest BCUT2D eigenvalue weighted by atomic mass is 9.89. The Bertz CT molecular complexity index is 537. The van der Waals surface area contributed by atoms with E-state index in [1.54, 1.807) is 13.8 Å². The van der Waals surface area contributed by atoms with E-state index < -0.39 is 17.2 Å². The number of rotatable bonds is 3. The maximum absolute atomic E-state index is 13.4. The van der Waals surface area contributed by atoms with Crippen molar-refractivity contribution in [1.82, 2.24) is 10.6 Å². The smallest absolute Gasteiger partial charge is 0.223 e. The van der Waals surface area contributed by atoms with E-state index in [1.807, 2.05) is 0 Å². The first-order chi connectivity index (χ1) is 9.79. The van der Waals surface area contributed by atoms with Gasteiger partial charge in [0, 0.05) is 12.0 Å². The van der Waals surface area contributed by atoms with Gasteiger partial charge in [-0.3, -0.25) is 4.79 Å². The second-order valence-electron chi connectivity index (χ2n) is 6.32.